The van der Waals surface area contributed by atoms with Crippen molar-refractivity contribution in [3.63, 3.8) is 0 Å². The number of carbonyl (C=O) groups excluding carboxylic acids is 1. The van der Waals surface area contributed by atoms with Crippen LogP contribution in [0.1, 0.15) is 13.3 Å². The summed E-state index contributed by atoms with van der Waals surface area (Å²) in [5.74, 6) is 0.705. The van der Waals surface area contributed by atoms with Gasteiger partial charge in [-0.2, -0.15) is 0 Å². The van der Waals surface area contributed by atoms with Gasteiger partial charge in [-0.25, -0.2) is 0 Å². The number of rotatable bonds is 9. The highest BCUT2D eigenvalue weighted by atomic mass is 79.9. The highest BCUT2D eigenvalue weighted by Gasteiger charge is 2.01. The lowest BCUT2D eigenvalue weighted by atomic mass is 10.3. The molecule has 0 aliphatic heterocycles. The Morgan fingerprint density at radius 3 is 2.90 bits per heavy atom. The van der Waals surface area contributed by atoms with Gasteiger partial charge >= 0.3 is 0 Å². The lowest BCUT2D eigenvalue weighted by Gasteiger charge is -2.08. The fraction of sp³-hybridized carbons (Fsp3) is 0.400. The Hall–Kier alpha value is -1.33. The molecule has 0 aliphatic rings. The van der Waals surface area contributed by atoms with Gasteiger partial charge in [-0.3, -0.25) is 4.79 Å². The lowest BCUT2D eigenvalue weighted by molar-refractivity contribution is -0.121. The molecule has 20 heavy (non-hydrogen) atoms. The molecule has 1 rings (SSSR count). The summed E-state index contributed by atoms with van der Waals surface area (Å²) in [4.78, 5) is 11.5. The van der Waals surface area contributed by atoms with Crippen LogP contribution in [-0.2, 0) is 9.53 Å². The molecule has 1 N–H and O–H groups in total. The monoisotopic (exact) mass is 341 g/mol. The van der Waals surface area contributed by atoms with E-state index in [0.717, 1.165) is 15.8 Å². The van der Waals surface area contributed by atoms with Gasteiger partial charge in [-0.05, 0) is 25.1 Å². The summed E-state index contributed by atoms with van der Waals surface area (Å²) in [6, 6.07) is 7.53. The first-order valence-corrected chi connectivity index (χ1v) is 7.24. The van der Waals surface area contributed by atoms with Crippen molar-refractivity contribution < 1.29 is 14.3 Å². The molecule has 0 spiro atoms. The Bertz CT molecular complexity index is 448. The Balaban J connectivity index is 2.07. The summed E-state index contributed by atoms with van der Waals surface area (Å²) in [5.41, 5.74) is 0.971. The topological polar surface area (TPSA) is 47.6 Å². The van der Waals surface area contributed by atoms with Crippen molar-refractivity contribution in [1.29, 1.82) is 0 Å². The van der Waals surface area contributed by atoms with Crippen LogP contribution in [0.5, 0.6) is 5.75 Å². The number of amides is 1. The van der Waals surface area contributed by atoms with Crippen LogP contribution in [-0.4, -0.2) is 32.3 Å². The molecule has 4 nitrogen and oxygen atoms in total. The van der Waals surface area contributed by atoms with Crippen LogP contribution >= 0.6 is 15.9 Å². The van der Waals surface area contributed by atoms with Crippen molar-refractivity contribution in [2.75, 3.05) is 26.4 Å². The average molecular weight is 342 g/mol. The fourth-order valence-corrected chi connectivity index (χ4v) is 1.79. The molecule has 0 radical (unpaired) electrons. The van der Waals surface area contributed by atoms with Crippen molar-refractivity contribution >= 4 is 21.8 Å². The van der Waals surface area contributed by atoms with E-state index < -0.39 is 0 Å². The Morgan fingerprint density at radius 2 is 2.20 bits per heavy atom. The average Bonchev–Trinajstić information content (AvgIpc) is 2.38. The molecule has 0 aromatic heterocycles. The maximum Gasteiger partial charge on any atom is 0.223 e. The minimum Gasteiger partial charge on any atom is -0.493 e. The SMILES string of the molecule is C=C(C)COCCNC(=O)CCOc1cccc(Br)c1. The van der Waals surface area contributed by atoms with E-state index in [1.54, 1.807) is 0 Å². The van der Waals surface area contributed by atoms with Crippen molar-refractivity contribution in [3.8, 4) is 5.75 Å². The van der Waals surface area contributed by atoms with Crippen LogP contribution in [0.2, 0.25) is 0 Å². The largest absolute Gasteiger partial charge is 0.493 e. The molecule has 1 aromatic rings. The third-order valence-electron chi connectivity index (χ3n) is 2.31. The molecular weight excluding hydrogens is 322 g/mol. The molecule has 0 bridgehead atoms. The van der Waals surface area contributed by atoms with Gasteiger partial charge in [0, 0.05) is 11.0 Å². The number of halogens is 1. The minimum absolute atomic E-state index is 0.0427. The molecule has 0 saturated heterocycles. The predicted molar refractivity (Wildman–Crippen MR) is 82.9 cm³/mol. The molecule has 0 unspecified atom stereocenters. The zero-order chi connectivity index (χ0) is 14.8. The zero-order valence-corrected chi connectivity index (χ0v) is 13.2. The summed E-state index contributed by atoms with van der Waals surface area (Å²) in [6.45, 7) is 7.51. The summed E-state index contributed by atoms with van der Waals surface area (Å²) >= 11 is 3.36. The molecule has 0 saturated carbocycles. The van der Waals surface area contributed by atoms with E-state index in [1.807, 2.05) is 31.2 Å². The molecule has 1 aromatic carbocycles. The minimum atomic E-state index is -0.0427. The molecule has 0 atom stereocenters. The second kappa shape index (κ2) is 9.55. The Labute approximate surface area is 128 Å². The number of nitrogens with one attached hydrogen (secondary N) is 1. The van der Waals surface area contributed by atoms with Gasteiger partial charge in [0.2, 0.25) is 5.91 Å². The molecule has 0 heterocycles. The quantitative estimate of drug-likeness (QED) is 0.554. The summed E-state index contributed by atoms with van der Waals surface area (Å²) in [7, 11) is 0. The third-order valence-corrected chi connectivity index (χ3v) is 2.80. The normalized spacial score (nSPS) is 10.1. The maximum atomic E-state index is 11.5. The summed E-state index contributed by atoms with van der Waals surface area (Å²) < 4.78 is 11.7. The number of carbonyl (C=O) groups is 1. The lowest BCUT2D eigenvalue weighted by Crippen LogP contribution is -2.28. The summed E-state index contributed by atoms with van der Waals surface area (Å²) in [5, 5.41) is 2.77. The van der Waals surface area contributed by atoms with Gasteiger partial charge in [0.05, 0.1) is 26.2 Å². The van der Waals surface area contributed by atoms with E-state index in [-0.39, 0.29) is 5.91 Å². The molecule has 0 aliphatic carbocycles. The van der Waals surface area contributed by atoms with Crippen LogP contribution in [0.4, 0.5) is 0 Å². The van der Waals surface area contributed by atoms with Crippen molar-refractivity contribution in [2.45, 2.75) is 13.3 Å². The second-order valence-corrected chi connectivity index (χ2v) is 5.33. The molecule has 5 heteroatoms. The zero-order valence-electron chi connectivity index (χ0n) is 11.7. The van der Waals surface area contributed by atoms with Crippen molar-refractivity contribution in [1.82, 2.24) is 5.32 Å². The Morgan fingerprint density at radius 1 is 1.40 bits per heavy atom. The van der Waals surface area contributed by atoms with Gasteiger partial charge in [0.25, 0.3) is 0 Å². The smallest absolute Gasteiger partial charge is 0.223 e. The van der Waals surface area contributed by atoms with E-state index in [1.165, 1.54) is 0 Å². The number of benzene rings is 1. The van der Waals surface area contributed by atoms with E-state index >= 15 is 0 Å². The van der Waals surface area contributed by atoms with Gasteiger partial charge in [0.15, 0.2) is 0 Å². The van der Waals surface area contributed by atoms with Gasteiger partial charge in [-0.15, -0.1) is 0 Å². The fourth-order valence-electron chi connectivity index (χ4n) is 1.42. The summed E-state index contributed by atoms with van der Waals surface area (Å²) in [6.07, 6.45) is 0.326. The molecule has 0 fully saturated rings. The Kier molecular flexibility index (Phi) is 7.99. The van der Waals surface area contributed by atoms with Gasteiger partial charge in [0.1, 0.15) is 5.75 Å². The first kappa shape index (κ1) is 16.7. The number of hydrogen-bond donors (Lipinski definition) is 1. The maximum absolute atomic E-state index is 11.5. The number of ether oxygens (including phenoxy) is 2. The van der Waals surface area contributed by atoms with Gasteiger partial charge in [-0.1, -0.05) is 34.1 Å². The highest BCUT2D eigenvalue weighted by Crippen LogP contribution is 2.17. The first-order valence-electron chi connectivity index (χ1n) is 6.45. The van der Waals surface area contributed by atoms with Crippen LogP contribution in [0.25, 0.3) is 0 Å². The van der Waals surface area contributed by atoms with Crippen molar-refractivity contribution in [3.05, 3.63) is 40.9 Å². The van der Waals surface area contributed by atoms with Crippen LogP contribution in [0, 0.1) is 0 Å². The standard InChI is InChI=1S/C15H20BrNO3/c1-12(2)11-19-9-7-17-15(18)6-8-20-14-5-3-4-13(16)10-14/h3-5,10H,1,6-9,11H2,2H3,(H,17,18). The van der Waals surface area contributed by atoms with Crippen LogP contribution < -0.4 is 10.1 Å². The van der Waals surface area contributed by atoms with E-state index in [2.05, 4.69) is 27.8 Å². The van der Waals surface area contributed by atoms with E-state index in [9.17, 15) is 4.79 Å². The second-order valence-electron chi connectivity index (χ2n) is 4.42. The van der Waals surface area contributed by atoms with Gasteiger partial charge < -0.3 is 14.8 Å². The number of hydrogen-bond acceptors (Lipinski definition) is 3. The van der Waals surface area contributed by atoms with Crippen LogP contribution in [0.3, 0.4) is 0 Å². The van der Waals surface area contributed by atoms with Crippen LogP contribution in [0.15, 0.2) is 40.9 Å². The third kappa shape index (κ3) is 7.96. The van der Waals surface area contributed by atoms with Crippen molar-refractivity contribution in [2.24, 2.45) is 0 Å². The molecule has 110 valence electrons. The van der Waals surface area contributed by atoms with E-state index in [4.69, 9.17) is 9.47 Å². The van der Waals surface area contributed by atoms with E-state index in [0.29, 0.717) is 32.8 Å². The molecule has 1 amide bonds. The highest BCUT2D eigenvalue weighted by molar-refractivity contribution is 9.10. The first-order chi connectivity index (χ1) is 9.58. The molecular formula is C15H20BrNO3. The predicted octanol–water partition coefficient (Wildman–Crippen LogP) is 2.93.